The molecule has 9 aromatic rings. The third kappa shape index (κ3) is 4.08. The highest BCUT2D eigenvalue weighted by Gasteiger charge is 2.49. The number of hydrogen-bond donors (Lipinski definition) is 0. The van der Waals surface area contributed by atoms with Crippen LogP contribution in [0.3, 0.4) is 0 Å². The average molecular weight is 718 g/mol. The number of para-hydroxylation sites is 1. The molecule has 1 spiro atoms. The van der Waals surface area contributed by atoms with E-state index in [1.54, 1.807) is 0 Å². The van der Waals surface area contributed by atoms with E-state index in [0.717, 1.165) is 50.4 Å². The first-order chi connectivity index (χ1) is 27.5. The van der Waals surface area contributed by atoms with Gasteiger partial charge in [0.25, 0.3) is 0 Å². The first-order valence-corrected chi connectivity index (χ1v) is 19.3. The SMILES string of the molecule is CC1(C)c2ccccc2-c2cc3c(cc21)Oc1ccccc1C31c2ccccc2C=Cc2ccc(-c3ccc4c(c3)c3ccncc3n4-c3ccccn3)cc21. The highest BCUT2D eigenvalue weighted by atomic mass is 16.5. The fourth-order valence-electron chi connectivity index (χ4n) is 10.1. The van der Waals surface area contributed by atoms with E-state index in [2.05, 4.69) is 169 Å². The number of ether oxygens (including phenoxy) is 1. The van der Waals surface area contributed by atoms with Gasteiger partial charge in [0, 0.05) is 39.7 Å². The molecular formula is C52H35N3O. The Morgan fingerprint density at radius 1 is 0.500 bits per heavy atom. The number of hydrogen-bond acceptors (Lipinski definition) is 3. The van der Waals surface area contributed by atoms with Crippen LogP contribution in [0.5, 0.6) is 11.5 Å². The van der Waals surface area contributed by atoms with Crippen molar-refractivity contribution < 1.29 is 4.74 Å². The van der Waals surface area contributed by atoms with Gasteiger partial charge in [-0.15, -0.1) is 0 Å². The van der Waals surface area contributed by atoms with E-state index in [4.69, 9.17) is 9.72 Å². The van der Waals surface area contributed by atoms with Gasteiger partial charge in [0.15, 0.2) is 0 Å². The van der Waals surface area contributed by atoms with Crippen LogP contribution >= 0.6 is 0 Å². The molecule has 0 saturated heterocycles. The van der Waals surface area contributed by atoms with Gasteiger partial charge in [0.05, 0.1) is 22.6 Å². The van der Waals surface area contributed by atoms with Crippen LogP contribution in [0.2, 0.25) is 0 Å². The Labute approximate surface area is 325 Å². The van der Waals surface area contributed by atoms with Gasteiger partial charge in [-0.05, 0) is 110 Å². The largest absolute Gasteiger partial charge is 0.457 e. The number of pyridine rings is 2. The summed E-state index contributed by atoms with van der Waals surface area (Å²) in [6.07, 6.45) is 10.3. The van der Waals surface area contributed by atoms with Crippen LogP contribution in [0.25, 0.3) is 62.0 Å². The molecule has 4 nitrogen and oxygen atoms in total. The van der Waals surface area contributed by atoms with E-state index in [0.29, 0.717) is 0 Å². The van der Waals surface area contributed by atoms with Crippen LogP contribution in [0.4, 0.5) is 0 Å². The van der Waals surface area contributed by atoms with E-state index in [1.807, 2.05) is 30.7 Å². The second-order valence-electron chi connectivity index (χ2n) is 15.8. The summed E-state index contributed by atoms with van der Waals surface area (Å²) in [7, 11) is 0. The van der Waals surface area contributed by atoms with Crippen molar-refractivity contribution in [2.24, 2.45) is 0 Å². The minimum absolute atomic E-state index is 0.156. The maximum absolute atomic E-state index is 7.00. The predicted octanol–water partition coefficient (Wildman–Crippen LogP) is 12.5. The molecule has 0 N–H and O–H groups in total. The molecule has 1 atom stereocenters. The number of aromatic nitrogens is 3. The summed E-state index contributed by atoms with van der Waals surface area (Å²) in [4.78, 5) is 9.24. The average Bonchev–Trinajstić information content (AvgIpc) is 3.63. The zero-order chi connectivity index (χ0) is 37.2. The first-order valence-electron chi connectivity index (χ1n) is 19.3. The lowest BCUT2D eigenvalue weighted by Gasteiger charge is -2.43. The van der Waals surface area contributed by atoms with Crippen molar-refractivity contribution in [2.45, 2.75) is 24.7 Å². The molecule has 264 valence electrons. The second kappa shape index (κ2) is 11.2. The van der Waals surface area contributed by atoms with Crippen LogP contribution in [-0.2, 0) is 10.8 Å². The summed E-state index contributed by atoms with van der Waals surface area (Å²) in [5, 5.41) is 2.31. The van der Waals surface area contributed by atoms with Gasteiger partial charge >= 0.3 is 0 Å². The van der Waals surface area contributed by atoms with Crippen molar-refractivity contribution in [3.05, 3.63) is 209 Å². The van der Waals surface area contributed by atoms with Gasteiger partial charge in [-0.25, -0.2) is 4.98 Å². The molecule has 56 heavy (non-hydrogen) atoms. The number of rotatable bonds is 2. The minimum Gasteiger partial charge on any atom is -0.457 e. The third-order valence-electron chi connectivity index (χ3n) is 12.6. The summed E-state index contributed by atoms with van der Waals surface area (Å²) in [6, 6.07) is 53.3. The van der Waals surface area contributed by atoms with Gasteiger partial charge in [0.1, 0.15) is 17.3 Å². The predicted molar refractivity (Wildman–Crippen MR) is 227 cm³/mol. The monoisotopic (exact) mass is 717 g/mol. The van der Waals surface area contributed by atoms with Crippen LogP contribution in [0, 0.1) is 0 Å². The molecule has 3 aromatic heterocycles. The molecule has 1 unspecified atom stereocenters. The molecule has 1 aliphatic heterocycles. The van der Waals surface area contributed by atoms with Crippen LogP contribution in [-0.4, -0.2) is 14.5 Å². The van der Waals surface area contributed by atoms with E-state index >= 15 is 0 Å². The van der Waals surface area contributed by atoms with Gasteiger partial charge in [-0.3, -0.25) is 9.55 Å². The van der Waals surface area contributed by atoms with Gasteiger partial charge in [-0.2, -0.15) is 0 Å². The molecule has 0 bridgehead atoms. The third-order valence-corrected chi connectivity index (χ3v) is 12.6. The smallest absolute Gasteiger partial charge is 0.137 e. The summed E-state index contributed by atoms with van der Waals surface area (Å²) in [6.45, 7) is 4.67. The highest BCUT2D eigenvalue weighted by molar-refractivity contribution is 6.10. The number of benzene rings is 6. The fourth-order valence-corrected chi connectivity index (χ4v) is 10.1. The van der Waals surface area contributed by atoms with Crippen molar-refractivity contribution in [3.63, 3.8) is 0 Å². The molecular weight excluding hydrogens is 683 g/mol. The van der Waals surface area contributed by atoms with Gasteiger partial charge in [0.2, 0.25) is 0 Å². The summed E-state index contributed by atoms with van der Waals surface area (Å²) < 4.78 is 9.21. The molecule has 2 aliphatic carbocycles. The summed E-state index contributed by atoms with van der Waals surface area (Å²) in [5.74, 6) is 2.67. The zero-order valence-electron chi connectivity index (χ0n) is 31.0. The van der Waals surface area contributed by atoms with Crippen molar-refractivity contribution in [3.8, 4) is 39.6 Å². The lowest BCUT2D eigenvalue weighted by molar-refractivity contribution is 0.433. The highest BCUT2D eigenvalue weighted by Crippen LogP contribution is 2.61. The Kier molecular flexibility index (Phi) is 6.29. The lowest BCUT2D eigenvalue weighted by Crippen LogP contribution is -2.35. The summed E-state index contributed by atoms with van der Waals surface area (Å²) >= 11 is 0. The molecule has 6 aromatic carbocycles. The Hall–Kier alpha value is -7.04. The quantitative estimate of drug-likeness (QED) is 0.179. The second-order valence-corrected chi connectivity index (χ2v) is 15.8. The van der Waals surface area contributed by atoms with Crippen LogP contribution in [0.1, 0.15) is 58.4 Å². The molecule has 3 aliphatic rings. The minimum atomic E-state index is -0.670. The molecule has 0 saturated carbocycles. The van der Waals surface area contributed by atoms with Crippen molar-refractivity contribution in [1.29, 1.82) is 0 Å². The van der Waals surface area contributed by atoms with Gasteiger partial charge < -0.3 is 4.74 Å². The van der Waals surface area contributed by atoms with E-state index in [9.17, 15) is 0 Å². The Bertz CT molecular complexity index is 3150. The van der Waals surface area contributed by atoms with E-state index < -0.39 is 5.41 Å². The maximum atomic E-state index is 7.00. The molecule has 4 heteroatoms. The van der Waals surface area contributed by atoms with Crippen molar-refractivity contribution >= 4 is 34.0 Å². The Balaban J connectivity index is 1.15. The number of fused-ring (bicyclic) bond motifs is 14. The topological polar surface area (TPSA) is 39.9 Å². The number of nitrogens with zero attached hydrogens (tertiary/aromatic N) is 3. The van der Waals surface area contributed by atoms with E-state index in [-0.39, 0.29) is 5.41 Å². The van der Waals surface area contributed by atoms with Crippen LogP contribution < -0.4 is 4.74 Å². The normalized spacial score (nSPS) is 16.7. The lowest BCUT2D eigenvalue weighted by atomic mass is 9.61. The zero-order valence-corrected chi connectivity index (χ0v) is 31.0. The first kappa shape index (κ1) is 31.3. The maximum Gasteiger partial charge on any atom is 0.137 e. The Morgan fingerprint density at radius 3 is 2.12 bits per heavy atom. The van der Waals surface area contributed by atoms with E-state index in [1.165, 1.54) is 55.5 Å². The fraction of sp³-hybridized carbons (Fsp3) is 0.0769. The summed E-state index contributed by atoms with van der Waals surface area (Å²) in [5.41, 5.74) is 16.0. The molecule has 0 radical (unpaired) electrons. The molecule has 4 heterocycles. The van der Waals surface area contributed by atoms with Crippen molar-refractivity contribution in [2.75, 3.05) is 0 Å². The molecule has 0 amide bonds. The standard InChI is InChI=1S/C52H35N3O/c1-51(2)41-14-6-4-12-36(41)38-29-45-49(30-44(38)51)56-48-16-8-7-15-42(48)52(45)40-13-5-3-11-32(40)18-19-33-20-21-35(28-43(33)52)34-22-23-46-39(27-34)37-24-26-53-31-47(37)55(46)50-17-9-10-25-54-50/h3-31H,1-2H3. The van der Waals surface area contributed by atoms with Crippen molar-refractivity contribution in [1.82, 2.24) is 14.5 Å². The molecule has 12 rings (SSSR count). The van der Waals surface area contributed by atoms with Gasteiger partial charge in [-0.1, -0.05) is 117 Å². The Morgan fingerprint density at radius 2 is 1.25 bits per heavy atom. The molecule has 0 fully saturated rings. The van der Waals surface area contributed by atoms with Crippen LogP contribution in [0.15, 0.2) is 164 Å².